The molecule has 3 aliphatic rings. The van der Waals surface area contributed by atoms with E-state index in [1.807, 2.05) is 0 Å². The zero-order valence-corrected chi connectivity index (χ0v) is 10.6. The van der Waals surface area contributed by atoms with Crippen molar-refractivity contribution < 1.29 is 0 Å². The van der Waals surface area contributed by atoms with Crippen LogP contribution in [-0.2, 0) is 0 Å². The van der Waals surface area contributed by atoms with E-state index in [-0.39, 0.29) is 0 Å². The third kappa shape index (κ3) is 1.80. The molecule has 1 saturated carbocycles. The Bertz CT molecular complexity index is 239. The summed E-state index contributed by atoms with van der Waals surface area (Å²) in [6.45, 7) is 2.46. The molecule has 3 fully saturated rings. The second kappa shape index (κ2) is 4.30. The summed E-state index contributed by atoms with van der Waals surface area (Å²) in [4.78, 5) is 2.91. The Labute approximate surface area is 99.6 Å². The van der Waals surface area contributed by atoms with Crippen LogP contribution in [0.4, 0.5) is 0 Å². The summed E-state index contributed by atoms with van der Waals surface area (Å²) in [6, 6.07) is 3.03. The standard InChI is InChI=1S/C14H26N2/c1-10-4-2-7-14(10)16-12-5-3-6-13(16)9-11(15)8-12/h10-14H,2-9,15H2,1H3. The predicted octanol–water partition coefficient (Wildman–Crippen LogP) is 2.52. The summed E-state index contributed by atoms with van der Waals surface area (Å²) in [5.74, 6) is 0.928. The zero-order chi connectivity index (χ0) is 11.1. The van der Waals surface area contributed by atoms with Gasteiger partial charge in [0.15, 0.2) is 0 Å². The van der Waals surface area contributed by atoms with Crippen LogP contribution >= 0.6 is 0 Å². The number of hydrogen-bond donors (Lipinski definition) is 1. The Hall–Kier alpha value is -0.0800. The molecule has 92 valence electrons. The average Bonchev–Trinajstić information content (AvgIpc) is 2.63. The van der Waals surface area contributed by atoms with Crippen molar-refractivity contribution in [1.82, 2.24) is 4.90 Å². The van der Waals surface area contributed by atoms with Gasteiger partial charge in [-0.15, -0.1) is 0 Å². The van der Waals surface area contributed by atoms with Crippen molar-refractivity contribution in [2.75, 3.05) is 0 Å². The monoisotopic (exact) mass is 222 g/mol. The number of piperidine rings is 2. The third-order valence-electron chi connectivity index (χ3n) is 5.27. The maximum absolute atomic E-state index is 6.19. The Kier molecular flexibility index (Phi) is 2.97. The van der Waals surface area contributed by atoms with Crippen LogP contribution < -0.4 is 5.73 Å². The van der Waals surface area contributed by atoms with E-state index in [9.17, 15) is 0 Å². The van der Waals surface area contributed by atoms with Gasteiger partial charge in [0.1, 0.15) is 0 Å². The van der Waals surface area contributed by atoms with Crippen molar-refractivity contribution in [2.45, 2.75) is 82.5 Å². The molecule has 2 nitrogen and oxygen atoms in total. The maximum Gasteiger partial charge on any atom is 0.0127 e. The number of nitrogens with zero attached hydrogens (tertiary/aromatic N) is 1. The normalized spacial score (nSPS) is 49.5. The second-order valence-electron chi connectivity index (χ2n) is 6.39. The molecule has 0 amide bonds. The van der Waals surface area contributed by atoms with E-state index in [1.165, 1.54) is 51.4 Å². The highest BCUT2D eigenvalue weighted by atomic mass is 15.2. The quantitative estimate of drug-likeness (QED) is 0.738. The van der Waals surface area contributed by atoms with E-state index in [0.29, 0.717) is 6.04 Å². The van der Waals surface area contributed by atoms with Gasteiger partial charge in [0.25, 0.3) is 0 Å². The van der Waals surface area contributed by atoms with E-state index in [0.717, 1.165) is 24.0 Å². The fourth-order valence-electron chi connectivity index (χ4n) is 4.57. The fourth-order valence-corrected chi connectivity index (χ4v) is 4.57. The SMILES string of the molecule is CC1CCCC1N1C2CCCC1CC(N)C2. The lowest BCUT2D eigenvalue weighted by molar-refractivity contribution is -0.0155. The number of rotatable bonds is 1. The molecule has 2 heterocycles. The van der Waals surface area contributed by atoms with Gasteiger partial charge >= 0.3 is 0 Å². The molecule has 2 N–H and O–H groups in total. The summed E-state index contributed by atoms with van der Waals surface area (Å²) < 4.78 is 0. The molecule has 4 unspecified atom stereocenters. The minimum Gasteiger partial charge on any atom is -0.328 e. The van der Waals surface area contributed by atoms with Gasteiger partial charge < -0.3 is 5.73 Å². The van der Waals surface area contributed by atoms with Crippen molar-refractivity contribution in [2.24, 2.45) is 11.7 Å². The van der Waals surface area contributed by atoms with Crippen LogP contribution in [-0.4, -0.2) is 29.1 Å². The Balaban J connectivity index is 1.78. The molecule has 0 aromatic heterocycles. The molecule has 4 atom stereocenters. The summed E-state index contributed by atoms with van der Waals surface area (Å²) >= 11 is 0. The lowest BCUT2D eigenvalue weighted by Crippen LogP contribution is -2.59. The molecule has 3 rings (SSSR count). The van der Waals surface area contributed by atoms with Crippen molar-refractivity contribution >= 4 is 0 Å². The number of hydrogen-bond acceptors (Lipinski definition) is 2. The molecular formula is C14H26N2. The number of fused-ring (bicyclic) bond motifs is 2. The molecule has 2 saturated heterocycles. The predicted molar refractivity (Wildman–Crippen MR) is 67.3 cm³/mol. The van der Waals surface area contributed by atoms with Crippen molar-refractivity contribution in [3.63, 3.8) is 0 Å². The van der Waals surface area contributed by atoms with E-state index < -0.39 is 0 Å². The van der Waals surface area contributed by atoms with Crippen molar-refractivity contribution in [1.29, 1.82) is 0 Å². The summed E-state index contributed by atoms with van der Waals surface area (Å²) in [5.41, 5.74) is 6.19. The van der Waals surface area contributed by atoms with Crippen molar-refractivity contribution in [3.05, 3.63) is 0 Å². The highest BCUT2D eigenvalue weighted by Gasteiger charge is 2.43. The first kappa shape index (κ1) is 11.0. The molecule has 1 aliphatic carbocycles. The van der Waals surface area contributed by atoms with E-state index in [1.54, 1.807) is 0 Å². The van der Waals surface area contributed by atoms with E-state index in [4.69, 9.17) is 5.73 Å². The van der Waals surface area contributed by atoms with Gasteiger partial charge in [0.2, 0.25) is 0 Å². The molecule has 16 heavy (non-hydrogen) atoms. The Morgan fingerprint density at radius 2 is 1.56 bits per heavy atom. The van der Waals surface area contributed by atoms with Gasteiger partial charge in [0, 0.05) is 24.2 Å². The lowest BCUT2D eigenvalue weighted by atomic mass is 9.80. The molecule has 0 aromatic carbocycles. The fraction of sp³-hybridized carbons (Fsp3) is 1.00. The molecule has 2 heteroatoms. The van der Waals surface area contributed by atoms with Crippen LogP contribution in [0.2, 0.25) is 0 Å². The minimum atomic E-state index is 0.489. The number of nitrogens with two attached hydrogens (primary N) is 1. The lowest BCUT2D eigenvalue weighted by Gasteiger charge is -2.52. The molecule has 0 spiro atoms. The average molecular weight is 222 g/mol. The van der Waals surface area contributed by atoms with Gasteiger partial charge in [-0.05, 0) is 44.4 Å². The van der Waals surface area contributed by atoms with Gasteiger partial charge in [-0.1, -0.05) is 19.8 Å². The topological polar surface area (TPSA) is 29.3 Å². The van der Waals surface area contributed by atoms with Crippen LogP contribution in [0.3, 0.4) is 0 Å². The van der Waals surface area contributed by atoms with Crippen LogP contribution in [0, 0.1) is 5.92 Å². The van der Waals surface area contributed by atoms with Crippen LogP contribution in [0.15, 0.2) is 0 Å². The smallest absolute Gasteiger partial charge is 0.0127 e. The molecular weight excluding hydrogens is 196 g/mol. The zero-order valence-electron chi connectivity index (χ0n) is 10.6. The summed E-state index contributed by atoms with van der Waals surface area (Å²) in [5, 5.41) is 0. The largest absolute Gasteiger partial charge is 0.328 e. The summed E-state index contributed by atoms with van der Waals surface area (Å²) in [6.07, 6.45) is 11.1. The highest BCUT2D eigenvalue weighted by Crippen LogP contribution is 2.40. The highest BCUT2D eigenvalue weighted by molar-refractivity contribution is 4.99. The van der Waals surface area contributed by atoms with Crippen LogP contribution in [0.25, 0.3) is 0 Å². The molecule has 2 bridgehead atoms. The van der Waals surface area contributed by atoms with Crippen LogP contribution in [0.5, 0.6) is 0 Å². The minimum absolute atomic E-state index is 0.489. The molecule has 2 aliphatic heterocycles. The Morgan fingerprint density at radius 1 is 0.938 bits per heavy atom. The Morgan fingerprint density at radius 3 is 2.12 bits per heavy atom. The maximum atomic E-state index is 6.19. The van der Waals surface area contributed by atoms with Crippen LogP contribution in [0.1, 0.15) is 58.3 Å². The van der Waals surface area contributed by atoms with Gasteiger partial charge in [0.05, 0.1) is 0 Å². The first-order chi connectivity index (χ1) is 7.75. The van der Waals surface area contributed by atoms with E-state index >= 15 is 0 Å². The van der Waals surface area contributed by atoms with Crippen molar-refractivity contribution in [3.8, 4) is 0 Å². The second-order valence-corrected chi connectivity index (χ2v) is 6.39. The van der Waals surface area contributed by atoms with Gasteiger partial charge in [-0.2, -0.15) is 0 Å². The first-order valence-corrected chi connectivity index (χ1v) is 7.28. The molecule has 0 radical (unpaired) electrons. The third-order valence-corrected chi connectivity index (χ3v) is 5.27. The first-order valence-electron chi connectivity index (χ1n) is 7.28. The van der Waals surface area contributed by atoms with E-state index in [2.05, 4.69) is 11.8 Å². The molecule has 0 aromatic rings. The van der Waals surface area contributed by atoms with Gasteiger partial charge in [-0.3, -0.25) is 4.90 Å². The van der Waals surface area contributed by atoms with Gasteiger partial charge in [-0.25, -0.2) is 0 Å². The summed E-state index contributed by atoms with van der Waals surface area (Å²) in [7, 11) is 0.